The summed E-state index contributed by atoms with van der Waals surface area (Å²) in [5.41, 5.74) is 0.461. The number of aromatic nitrogens is 1. The van der Waals surface area contributed by atoms with Crippen LogP contribution in [0.15, 0.2) is 22.8 Å². The first-order valence-corrected chi connectivity index (χ1v) is 7.11. The molecule has 1 aromatic heterocycles. The smallest absolute Gasteiger partial charge is 0.271 e. The number of hydrogen-bond donors (Lipinski definition) is 1. The van der Waals surface area contributed by atoms with Gasteiger partial charge < -0.3 is 10.2 Å². The molecule has 0 aliphatic carbocycles. The maximum Gasteiger partial charge on any atom is 0.271 e. The van der Waals surface area contributed by atoms with Gasteiger partial charge in [-0.25, -0.2) is 4.98 Å². The summed E-state index contributed by atoms with van der Waals surface area (Å²) >= 11 is 3.34. The lowest BCUT2D eigenvalue weighted by atomic mass is 10.1. The SMILES string of the molecule is CCN1CCC(CNC(=O)c2ncccc2Br)C1. The Hall–Kier alpha value is -0.940. The van der Waals surface area contributed by atoms with E-state index in [0.29, 0.717) is 11.6 Å². The number of halogens is 1. The molecule has 1 aromatic rings. The first-order valence-electron chi connectivity index (χ1n) is 6.31. The van der Waals surface area contributed by atoms with E-state index in [-0.39, 0.29) is 5.91 Å². The Kier molecular flexibility index (Phi) is 4.72. The predicted octanol–water partition coefficient (Wildman–Crippen LogP) is 1.92. The largest absolute Gasteiger partial charge is 0.350 e. The molecule has 1 atom stereocenters. The lowest BCUT2D eigenvalue weighted by Gasteiger charge is -2.13. The zero-order valence-corrected chi connectivity index (χ0v) is 12.1. The second-order valence-corrected chi connectivity index (χ2v) is 5.45. The van der Waals surface area contributed by atoms with Crippen molar-refractivity contribution in [2.45, 2.75) is 13.3 Å². The Labute approximate surface area is 116 Å². The Balaban J connectivity index is 1.84. The van der Waals surface area contributed by atoms with E-state index >= 15 is 0 Å². The van der Waals surface area contributed by atoms with E-state index in [0.717, 1.165) is 37.1 Å². The topological polar surface area (TPSA) is 45.2 Å². The van der Waals surface area contributed by atoms with Gasteiger partial charge in [0.15, 0.2) is 0 Å². The van der Waals surface area contributed by atoms with E-state index < -0.39 is 0 Å². The van der Waals surface area contributed by atoms with E-state index in [4.69, 9.17) is 0 Å². The van der Waals surface area contributed by atoms with Crippen LogP contribution in [-0.4, -0.2) is 42.0 Å². The number of amides is 1. The highest BCUT2D eigenvalue weighted by molar-refractivity contribution is 9.10. The molecule has 1 amide bonds. The lowest BCUT2D eigenvalue weighted by Crippen LogP contribution is -2.31. The number of nitrogens with zero attached hydrogens (tertiary/aromatic N) is 2. The molecular weight excluding hydrogens is 294 g/mol. The molecule has 1 aliphatic heterocycles. The Bertz CT molecular complexity index is 424. The van der Waals surface area contributed by atoms with Gasteiger partial charge in [0.05, 0.1) is 0 Å². The molecule has 0 radical (unpaired) electrons. The highest BCUT2D eigenvalue weighted by atomic mass is 79.9. The quantitative estimate of drug-likeness (QED) is 0.924. The van der Waals surface area contributed by atoms with Crippen LogP contribution in [0, 0.1) is 5.92 Å². The second-order valence-electron chi connectivity index (χ2n) is 4.59. The minimum Gasteiger partial charge on any atom is -0.350 e. The fraction of sp³-hybridized carbons (Fsp3) is 0.538. The van der Waals surface area contributed by atoms with E-state index in [1.807, 2.05) is 6.07 Å². The van der Waals surface area contributed by atoms with Gasteiger partial charge in [-0.15, -0.1) is 0 Å². The first kappa shape index (κ1) is 13.5. The van der Waals surface area contributed by atoms with Crippen LogP contribution in [0.2, 0.25) is 0 Å². The van der Waals surface area contributed by atoms with Crippen molar-refractivity contribution in [1.82, 2.24) is 15.2 Å². The molecule has 0 bridgehead atoms. The molecule has 1 aliphatic rings. The van der Waals surface area contributed by atoms with Crippen molar-refractivity contribution >= 4 is 21.8 Å². The molecule has 18 heavy (non-hydrogen) atoms. The lowest BCUT2D eigenvalue weighted by molar-refractivity contribution is 0.0941. The molecule has 98 valence electrons. The monoisotopic (exact) mass is 311 g/mol. The molecule has 2 rings (SSSR count). The summed E-state index contributed by atoms with van der Waals surface area (Å²) < 4.78 is 0.740. The number of nitrogens with one attached hydrogen (secondary N) is 1. The van der Waals surface area contributed by atoms with E-state index in [1.54, 1.807) is 12.3 Å². The van der Waals surface area contributed by atoms with Crippen molar-refractivity contribution in [1.29, 1.82) is 0 Å². The van der Waals surface area contributed by atoms with Gasteiger partial charge in [-0.3, -0.25) is 4.79 Å². The number of carbonyl (C=O) groups is 1. The van der Waals surface area contributed by atoms with Gasteiger partial charge in [-0.1, -0.05) is 6.92 Å². The maximum atomic E-state index is 12.0. The number of likely N-dealkylation sites (tertiary alicyclic amines) is 1. The van der Waals surface area contributed by atoms with Crippen molar-refractivity contribution in [3.05, 3.63) is 28.5 Å². The average Bonchev–Trinajstić information content (AvgIpc) is 2.84. The standard InChI is InChI=1S/C13H18BrN3O/c1-2-17-7-5-10(9-17)8-16-13(18)12-11(14)4-3-6-15-12/h3-4,6,10H,2,5,7-9H2,1H3,(H,16,18). The summed E-state index contributed by atoms with van der Waals surface area (Å²) in [6.45, 7) is 6.23. The van der Waals surface area contributed by atoms with Crippen molar-refractivity contribution in [2.75, 3.05) is 26.2 Å². The van der Waals surface area contributed by atoms with Gasteiger partial charge in [0.25, 0.3) is 5.91 Å². The summed E-state index contributed by atoms with van der Waals surface area (Å²) in [6.07, 6.45) is 2.80. The van der Waals surface area contributed by atoms with Crippen LogP contribution < -0.4 is 5.32 Å². The number of pyridine rings is 1. The third kappa shape index (κ3) is 3.29. The minimum absolute atomic E-state index is 0.0996. The molecule has 0 aromatic carbocycles. The van der Waals surface area contributed by atoms with Crippen LogP contribution in [-0.2, 0) is 0 Å². The van der Waals surface area contributed by atoms with E-state index in [1.165, 1.54) is 0 Å². The second kappa shape index (κ2) is 6.29. The molecule has 4 nitrogen and oxygen atoms in total. The summed E-state index contributed by atoms with van der Waals surface area (Å²) in [5.74, 6) is 0.466. The van der Waals surface area contributed by atoms with E-state index in [9.17, 15) is 4.79 Å². The third-order valence-corrected chi connectivity index (χ3v) is 3.98. The van der Waals surface area contributed by atoms with Gasteiger partial charge in [-0.2, -0.15) is 0 Å². The zero-order valence-electron chi connectivity index (χ0n) is 10.5. The number of hydrogen-bond acceptors (Lipinski definition) is 3. The van der Waals surface area contributed by atoms with Crippen LogP contribution in [0.25, 0.3) is 0 Å². The minimum atomic E-state index is -0.0996. The van der Waals surface area contributed by atoms with Crippen molar-refractivity contribution in [2.24, 2.45) is 5.92 Å². The predicted molar refractivity (Wildman–Crippen MR) is 74.5 cm³/mol. The number of carbonyl (C=O) groups excluding carboxylic acids is 1. The summed E-state index contributed by atoms with van der Waals surface area (Å²) in [7, 11) is 0. The summed E-state index contributed by atoms with van der Waals surface area (Å²) in [5, 5.41) is 2.97. The third-order valence-electron chi connectivity index (χ3n) is 3.34. The molecule has 1 unspecified atom stereocenters. The van der Waals surface area contributed by atoms with Gasteiger partial charge >= 0.3 is 0 Å². The molecule has 2 heterocycles. The summed E-state index contributed by atoms with van der Waals surface area (Å²) in [4.78, 5) is 18.5. The van der Waals surface area contributed by atoms with Crippen LogP contribution in [0.4, 0.5) is 0 Å². The summed E-state index contributed by atoms with van der Waals surface area (Å²) in [6, 6.07) is 3.63. The fourth-order valence-electron chi connectivity index (χ4n) is 2.24. The van der Waals surface area contributed by atoms with Gasteiger partial charge in [-0.05, 0) is 53.5 Å². The normalized spacial score (nSPS) is 20.0. The Morgan fingerprint density at radius 2 is 2.50 bits per heavy atom. The van der Waals surface area contributed by atoms with Gasteiger partial charge in [0, 0.05) is 23.8 Å². The molecule has 1 N–H and O–H groups in total. The Morgan fingerprint density at radius 3 is 3.17 bits per heavy atom. The molecule has 1 saturated heterocycles. The molecule has 0 spiro atoms. The molecule has 1 fully saturated rings. The molecular formula is C13H18BrN3O. The number of rotatable bonds is 4. The van der Waals surface area contributed by atoms with Gasteiger partial charge in [0.2, 0.25) is 0 Å². The van der Waals surface area contributed by atoms with Crippen LogP contribution >= 0.6 is 15.9 Å². The maximum absolute atomic E-state index is 12.0. The van der Waals surface area contributed by atoms with Crippen molar-refractivity contribution in [3.8, 4) is 0 Å². The highest BCUT2D eigenvalue weighted by Gasteiger charge is 2.22. The average molecular weight is 312 g/mol. The van der Waals surface area contributed by atoms with Gasteiger partial charge in [0.1, 0.15) is 5.69 Å². The Morgan fingerprint density at radius 1 is 1.67 bits per heavy atom. The molecule has 5 heteroatoms. The van der Waals surface area contributed by atoms with Crippen molar-refractivity contribution < 1.29 is 4.79 Å². The van der Waals surface area contributed by atoms with Crippen LogP contribution in [0.1, 0.15) is 23.8 Å². The fourth-order valence-corrected chi connectivity index (χ4v) is 2.68. The molecule has 0 saturated carbocycles. The highest BCUT2D eigenvalue weighted by Crippen LogP contribution is 2.16. The van der Waals surface area contributed by atoms with E-state index in [2.05, 4.69) is 38.1 Å². The van der Waals surface area contributed by atoms with Crippen molar-refractivity contribution in [3.63, 3.8) is 0 Å². The van der Waals surface area contributed by atoms with Crippen LogP contribution in [0.3, 0.4) is 0 Å². The zero-order chi connectivity index (χ0) is 13.0. The van der Waals surface area contributed by atoms with Crippen LogP contribution in [0.5, 0.6) is 0 Å². The first-order chi connectivity index (χ1) is 8.70.